The molecular weight excluding hydrogens is 320 g/mol. The first-order valence-electron chi connectivity index (χ1n) is 7.09. The smallest absolute Gasteiger partial charge is 0.339 e. The van der Waals surface area contributed by atoms with E-state index < -0.39 is 5.63 Å². The Labute approximate surface area is 137 Å². The van der Waals surface area contributed by atoms with Gasteiger partial charge in [-0.05, 0) is 25.1 Å². The maximum Gasteiger partial charge on any atom is 0.339 e. The van der Waals surface area contributed by atoms with Crippen molar-refractivity contribution in [1.29, 1.82) is 0 Å². The molecule has 0 saturated carbocycles. The second kappa shape index (κ2) is 6.34. The van der Waals surface area contributed by atoms with Crippen molar-refractivity contribution >= 4 is 23.3 Å². The van der Waals surface area contributed by atoms with E-state index in [0.717, 1.165) is 0 Å². The van der Waals surface area contributed by atoms with Gasteiger partial charge in [-0.15, -0.1) is 0 Å². The van der Waals surface area contributed by atoms with Crippen molar-refractivity contribution in [1.82, 2.24) is 4.90 Å². The van der Waals surface area contributed by atoms with Gasteiger partial charge in [0.15, 0.2) is 0 Å². The molecule has 7 heteroatoms. The van der Waals surface area contributed by atoms with Crippen LogP contribution in [0.15, 0.2) is 45.6 Å². The average molecular weight is 335 g/mol. The molecule has 2 heterocycles. The monoisotopic (exact) mass is 334 g/mol. The molecule has 2 amide bonds. The van der Waals surface area contributed by atoms with Crippen LogP contribution in [0.2, 0.25) is 5.02 Å². The molecule has 0 aliphatic carbocycles. The van der Waals surface area contributed by atoms with Crippen LogP contribution in [-0.2, 0) is 0 Å². The largest absolute Gasteiger partial charge is 0.486 e. The van der Waals surface area contributed by atoms with Gasteiger partial charge in [0.1, 0.15) is 17.6 Å². The van der Waals surface area contributed by atoms with E-state index in [-0.39, 0.29) is 12.1 Å². The zero-order chi connectivity index (χ0) is 16.4. The number of anilines is 1. The molecule has 1 aromatic heterocycles. The molecule has 0 atom stereocenters. The van der Waals surface area contributed by atoms with Gasteiger partial charge in [0.2, 0.25) is 0 Å². The van der Waals surface area contributed by atoms with Gasteiger partial charge >= 0.3 is 11.7 Å². The van der Waals surface area contributed by atoms with Gasteiger partial charge in [-0.3, -0.25) is 0 Å². The Hall–Kier alpha value is -2.47. The normalized spacial score (nSPS) is 14.3. The van der Waals surface area contributed by atoms with E-state index in [9.17, 15) is 9.59 Å². The second-order valence-corrected chi connectivity index (χ2v) is 5.74. The summed E-state index contributed by atoms with van der Waals surface area (Å²) < 4.78 is 10.5. The van der Waals surface area contributed by atoms with E-state index in [2.05, 4.69) is 5.32 Å². The Morgan fingerprint density at radius 1 is 1.35 bits per heavy atom. The number of hydrogen-bond donors (Lipinski definition) is 1. The molecule has 3 rings (SSSR count). The Balaban J connectivity index is 1.52. The maximum absolute atomic E-state index is 12.1. The van der Waals surface area contributed by atoms with Crippen LogP contribution in [0, 0.1) is 6.92 Å². The van der Waals surface area contributed by atoms with Crippen LogP contribution in [0.5, 0.6) is 5.75 Å². The second-order valence-electron chi connectivity index (χ2n) is 5.31. The summed E-state index contributed by atoms with van der Waals surface area (Å²) in [5, 5.41) is 3.33. The van der Waals surface area contributed by atoms with Crippen molar-refractivity contribution in [2.75, 3.05) is 18.4 Å². The third kappa shape index (κ3) is 3.84. The fourth-order valence-corrected chi connectivity index (χ4v) is 2.47. The van der Waals surface area contributed by atoms with Crippen molar-refractivity contribution in [2.24, 2.45) is 0 Å². The summed E-state index contributed by atoms with van der Waals surface area (Å²) in [6.07, 6.45) is -0.138. The topological polar surface area (TPSA) is 71.8 Å². The lowest BCUT2D eigenvalue weighted by Crippen LogP contribution is -2.57. The summed E-state index contributed by atoms with van der Waals surface area (Å²) in [7, 11) is 0. The predicted molar refractivity (Wildman–Crippen MR) is 86.2 cm³/mol. The highest BCUT2D eigenvalue weighted by Crippen LogP contribution is 2.20. The molecule has 1 saturated heterocycles. The Morgan fingerprint density at radius 3 is 2.83 bits per heavy atom. The summed E-state index contributed by atoms with van der Waals surface area (Å²) in [6, 6.07) is 9.68. The van der Waals surface area contributed by atoms with E-state index in [0.29, 0.717) is 35.3 Å². The Morgan fingerprint density at radius 2 is 2.13 bits per heavy atom. The van der Waals surface area contributed by atoms with Crippen molar-refractivity contribution in [3.05, 3.63) is 57.6 Å². The molecule has 120 valence electrons. The average Bonchev–Trinajstić information content (AvgIpc) is 2.41. The Kier molecular flexibility index (Phi) is 4.25. The van der Waals surface area contributed by atoms with E-state index in [1.807, 2.05) is 0 Å². The van der Waals surface area contributed by atoms with Crippen molar-refractivity contribution < 1.29 is 13.9 Å². The van der Waals surface area contributed by atoms with E-state index in [1.165, 1.54) is 6.07 Å². The van der Waals surface area contributed by atoms with Gasteiger partial charge in [0.25, 0.3) is 0 Å². The van der Waals surface area contributed by atoms with E-state index >= 15 is 0 Å². The van der Waals surface area contributed by atoms with Crippen molar-refractivity contribution in [3.8, 4) is 5.75 Å². The van der Waals surface area contributed by atoms with Crippen LogP contribution in [0.4, 0.5) is 10.5 Å². The van der Waals surface area contributed by atoms with Crippen molar-refractivity contribution in [3.63, 3.8) is 0 Å². The third-order valence-corrected chi connectivity index (χ3v) is 3.62. The van der Waals surface area contributed by atoms with Gasteiger partial charge in [0, 0.05) is 16.8 Å². The van der Waals surface area contributed by atoms with Crippen LogP contribution in [0.1, 0.15) is 5.76 Å². The quantitative estimate of drug-likeness (QED) is 0.936. The summed E-state index contributed by atoms with van der Waals surface area (Å²) in [4.78, 5) is 24.9. The SMILES string of the molecule is Cc1cc(OC2CN(C(=O)Nc3cccc(Cl)c3)C2)cc(=O)o1. The lowest BCUT2D eigenvalue weighted by atomic mass is 10.2. The number of ether oxygens (including phenoxy) is 1. The number of carbonyl (C=O) groups is 1. The first-order chi connectivity index (χ1) is 11.0. The molecule has 23 heavy (non-hydrogen) atoms. The van der Waals surface area contributed by atoms with Crippen LogP contribution in [0.3, 0.4) is 0 Å². The molecular formula is C16H15ClN2O4. The molecule has 0 unspecified atom stereocenters. The fraction of sp³-hybridized carbons (Fsp3) is 0.250. The van der Waals surface area contributed by atoms with E-state index in [1.54, 1.807) is 42.2 Å². The molecule has 6 nitrogen and oxygen atoms in total. The minimum absolute atomic E-state index is 0.138. The van der Waals surface area contributed by atoms with Gasteiger partial charge in [0.05, 0.1) is 19.2 Å². The maximum atomic E-state index is 12.1. The number of hydrogen-bond acceptors (Lipinski definition) is 4. The first kappa shape index (κ1) is 15.4. The lowest BCUT2D eigenvalue weighted by molar-refractivity contribution is 0.0487. The highest BCUT2D eigenvalue weighted by atomic mass is 35.5. The number of aryl methyl sites for hydroxylation is 1. The minimum Gasteiger partial charge on any atom is -0.486 e. The summed E-state index contributed by atoms with van der Waals surface area (Å²) in [5.41, 5.74) is 0.193. The highest BCUT2D eigenvalue weighted by molar-refractivity contribution is 6.30. The zero-order valence-corrected chi connectivity index (χ0v) is 13.2. The summed E-state index contributed by atoms with van der Waals surface area (Å²) in [5.74, 6) is 0.945. The lowest BCUT2D eigenvalue weighted by Gasteiger charge is -2.38. The standard InChI is InChI=1S/C16H15ClN2O4/c1-10-5-13(7-15(20)22-10)23-14-8-19(9-14)16(21)18-12-4-2-3-11(17)6-12/h2-7,14H,8-9H2,1H3,(H,18,21). The highest BCUT2D eigenvalue weighted by Gasteiger charge is 2.32. The predicted octanol–water partition coefficient (Wildman–Crippen LogP) is 2.90. The number of benzene rings is 1. The number of nitrogens with one attached hydrogen (secondary N) is 1. The van der Waals surface area contributed by atoms with Crippen LogP contribution in [-0.4, -0.2) is 30.1 Å². The third-order valence-electron chi connectivity index (χ3n) is 3.38. The molecule has 1 aliphatic rings. The number of halogens is 1. The fourth-order valence-electron chi connectivity index (χ4n) is 2.28. The van der Waals surface area contributed by atoms with Crippen LogP contribution in [0.25, 0.3) is 0 Å². The molecule has 1 aliphatic heterocycles. The van der Waals surface area contributed by atoms with Crippen LogP contribution >= 0.6 is 11.6 Å². The molecule has 0 radical (unpaired) electrons. The minimum atomic E-state index is -0.449. The molecule has 1 fully saturated rings. The number of amides is 2. The van der Waals surface area contributed by atoms with Crippen molar-refractivity contribution in [2.45, 2.75) is 13.0 Å². The first-order valence-corrected chi connectivity index (χ1v) is 7.47. The molecule has 1 aromatic carbocycles. The molecule has 2 aromatic rings. The Bertz CT molecular complexity index is 784. The zero-order valence-electron chi connectivity index (χ0n) is 12.4. The van der Waals surface area contributed by atoms with Gasteiger partial charge in [-0.2, -0.15) is 0 Å². The van der Waals surface area contributed by atoms with Crippen LogP contribution < -0.4 is 15.7 Å². The van der Waals surface area contributed by atoms with Gasteiger partial charge in [-0.1, -0.05) is 17.7 Å². The molecule has 0 spiro atoms. The molecule has 0 bridgehead atoms. The van der Waals surface area contributed by atoms with E-state index in [4.69, 9.17) is 20.8 Å². The number of nitrogens with zero attached hydrogens (tertiary/aromatic N) is 1. The van der Waals surface area contributed by atoms with Gasteiger partial charge in [-0.25, -0.2) is 9.59 Å². The molecule has 1 N–H and O–H groups in total. The number of carbonyl (C=O) groups excluding carboxylic acids is 1. The summed E-state index contributed by atoms with van der Waals surface area (Å²) >= 11 is 5.88. The number of rotatable bonds is 3. The summed E-state index contributed by atoms with van der Waals surface area (Å²) in [6.45, 7) is 2.58. The number of likely N-dealkylation sites (tertiary alicyclic amines) is 1. The van der Waals surface area contributed by atoms with Gasteiger partial charge < -0.3 is 19.4 Å². The number of urea groups is 1.